The minimum absolute atomic E-state index is 0.149. The minimum Gasteiger partial charge on any atom is -0.339 e. The molecule has 3 rings (SSSR count). The zero-order chi connectivity index (χ0) is 28.9. The molecule has 2 N–H and O–H groups in total. The molecule has 2 aromatic heterocycles. The zero-order valence-corrected chi connectivity index (χ0v) is 22.3. The van der Waals surface area contributed by atoms with E-state index in [-0.39, 0.29) is 13.0 Å². The highest BCUT2D eigenvalue weighted by Gasteiger charge is 2.40. The Morgan fingerprint density at radius 1 is 1.21 bits per heavy atom. The quantitative estimate of drug-likeness (QED) is 0.593. The highest BCUT2D eigenvalue weighted by Crippen LogP contribution is 2.23. The Labute approximate surface area is 220 Å². The SMILES string of the molecule is CC(C)C.CCC.N#CC(NC(=O)C1CCCN1C(=O)CNC(=O)C(F)(F)F)c1cncc2ncccc12. The predicted octanol–water partition coefficient (Wildman–Crippen LogP) is 4.06. The maximum atomic E-state index is 12.8. The predicted molar refractivity (Wildman–Crippen MR) is 136 cm³/mol. The van der Waals surface area contributed by atoms with E-state index in [4.69, 9.17) is 0 Å². The van der Waals surface area contributed by atoms with E-state index < -0.39 is 42.5 Å². The summed E-state index contributed by atoms with van der Waals surface area (Å²) in [6, 6.07) is 3.34. The fourth-order valence-electron chi connectivity index (χ4n) is 3.37. The fourth-order valence-corrected chi connectivity index (χ4v) is 3.37. The van der Waals surface area contributed by atoms with E-state index in [0.717, 1.165) is 10.8 Å². The molecule has 38 heavy (non-hydrogen) atoms. The number of amides is 3. The Morgan fingerprint density at radius 3 is 2.42 bits per heavy atom. The summed E-state index contributed by atoms with van der Waals surface area (Å²) in [6.07, 6.45) is 1.38. The lowest BCUT2D eigenvalue weighted by molar-refractivity contribution is -0.174. The normalized spacial score (nSPS) is 15.4. The second-order valence-corrected chi connectivity index (χ2v) is 9.23. The number of alkyl halides is 3. The highest BCUT2D eigenvalue weighted by atomic mass is 19.4. The molecule has 0 saturated carbocycles. The van der Waals surface area contributed by atoms with Crippen LogP contribution in [0.3, 0.4) is 0 Å². The number of nitrogens with zero attached hydrogens (tertiary/aromatic N) is 4. The molecule has 3 amide bonds. The third-order valence-corrected chi connectivity index (χ3v) is 4.82. The largest absolute Gasteiger partial charge is 0.471 e. The van der Waals surface area contributed by atoms with Crippen molar-refractivity contribution in [3.05, 3.63) is 36.3 Å². The van der Waals surface area contributed by atoms with Gasteiger partial charge in [0.1, 0.15) is 12.1 Å². The van der Waals surface area contributed by atoms with Gasteiger partial charge in [0, 0.05) is 29.9 Å². The summed E-state index contributed by atoms with van der Waals surface area (Å²) in [5.74, 6) is -2.84. The molecule has 0 spiro atoms. The van der Waals surface area contributed by atoms with E-state index in [1.165, 1.54) is 24.1 Å². The standard InChI is InChI=1S/C19H17F3N6O3.C4H10.C3H8/c20-19(21,22)18(31)26-10-16(29)28-6-2-4-15(28)17(30)27-13(7-23)12-8-24-9-14-11(12)3-1-5-25-14;1-4(2)3;1-3-2/h1,3,5,8-9,13,15H,2,4,6,10H2,(H,26,31)(H,27,30);4H,1-3H3;3H2,1-2H3. The van der Waals surface area contributed by atoms with Crippen molar-refractivity contribution < 1.29 is 27.6 Å². The molecule has 1 fully saturated rings. The van der Waals surface area contributed by atoms with Crippen LogP contribution in [-0.4, -0.2) is 57.9 Å². The molecule has 1 saturated heterocycles. The van der Waals surface area contributed by atoms with Gasteiger partial charge in [-0.15, -0.1) is 0 Å². The Hall–Kier alpha value is -3.75. The second kappa shape index (κ2) is 15.5. The number of carbonyl (C=O) groups is 3. The molecule has 208 valence electrons. The topological polar surface area (TPSA) is 128 Å². The maximum Gasteiger partial charge on any atom is 0.471 e. The number of nitriles is 1. The van der Waals surface area contributed by atoms with Crippen LogP contribution >= 0.6 is 0 Å². The van der Waals surface area contributed by atoms with Gasteiger partial charge in [-0.3, -0.25) is 24.4 Å². The van der Waals surface area contributed by atoms with Gasteiger partial charge in [-0.1, -0.05) is 47.1 Å². The van der Waals surface area contributed by atoms with Gasteiger partial charge in [0.25, 0.3) is 0 Å². The van der Waals surface area contributed by atoms with E-state index in [2.05, 4.69) is 49.9 Å². The average molecular weight is 537 g/mol. The number of pyridine rings is 2. The Morgan fingerprint density at radius 2 is 1.84 bits per heavy atom. The summed E-state index contributed by atoms with van der Waals surface area (Å²) in [7, 11) is 0. The molecular formula is C26H35F3N6O3. The first kappa shape index (κ1) is 32.3. The number of aromatic nitrogens is 2. The van der Waals surface area contributed by atoms with Crippen LogP contribution < -0.4 is 10.6 Å². The first-order valence-corrected chi connectivity index (χ1v) is 12.4. The summed E-state index contributed by atoms with van der Waals surface area (Å²) in [5, 5.41) is 14.3. The van der Waals surface area contributed by atoms with Crippen LogP contribution in [0.2, 0.25) is 0 Å². The highest BCUT2D eigenvalue weighted by molar-refractivity contribution is 5.92. The summed E-state index contributed by atoms with van der Waals surface area (Å²) < 4.78 is 36.9. The van der Waals surface area contributed by atoms with Crippen LogP contribution in [-0.2, 0) is 14.4 Å². The van der Waals surface area contributed by atoms with Gasteiger partial charge in [0.05, 0.1) is 24.3 Å². The zero-order valence-electron chi connectivity index (χ0n) is 22.3. The Kier molecular flexibility index (Phi) is 13.2. The van der Waals surface area contributed by atoms with Crippen LogP contribution in [0, 0.1) is 17.2 Å². The third-order valence-electron chi connectivity index (χ3n) is 4.82. The molecular weight excluding hydrogens is 501 g/mol. The van der Waals surface area contributed by atoms with Crippen molar-refractivity contribution in [2.45, 2.75) is 72.1 Å². The van der Waals surface area contributed by atoms with Crippen molar-refractivity contribution in [2.24, 2.45) is 5.92 Å². The Balaban J connectivity index is 0.000000923. The number of carbonyl (C=O) groups excluding carboxylic acids is 3. The van der Waals surface area contributed by atoms with Gasteiger partial charge < -0.3 is 15.5 Å². The van der Waals surface area contributed by atoms with Crippen molar-refractivity contribution >= 4 is 28.6 Å². The fraction of sp³-hybridized carbons (Fsp3) is 0.538. The number of halogens is 3. The third kappa shape index (κ3) is 9.95. The van der Waals surface area contributed by atoms with Crippen LogP contribution in [0.15, 0.2) is 30.7 Å². The van der Waals surface area contributed by atoms with Crippen molar-refractivity contribution in [2.75, 3.05) is 13.1 Å². The maximum absolute atomic E-state index is 12.8. The van der Waals surface area contributed by atoms with Crippen molar-refractivity contribution in [1.82, 2.24) is 25.5 Å². The summed E-state index contributed by atoms with van der Waals surface area (Å²) in [5.41, 5.74) is 0.960. The molecule has 1 aliphatic heterocycles. The number of hydrogen-bond acceptors (Lipinski definition) is 6. The number of likely N-dealkylation sites (tertiary alicyclic amines) is 1. The van der Waals surface area contributed by atoms with Crippen LogP contribution in [0.5, 0.6) is 0 Å². The van der Waals surface area contributed by atoms with E-state index in [1.807, 2.05) is 6.07 Å². The molecule has 1 aliphatic rings. The molecule has 0 aromatic carbocycles. The van der Waals surface area contributed by atoms with E-state index in [9.17, 15) is 32.8 Å². The van der Waals surface area contributed by atoms with Crippen molar-refractivity contribution in [3.8, 4) is 6.07 Å². The minimum atomic E-state index is -5.11. The molecule has 9 nitrogen and oxygen atoms in total. The summed E-state index contributed by atoms with van der Waals surface area (Å²) >= 11 is 0. The van der Waals surface area contributed by atoms with Crippen molar-refractivity contribution in [1.29, 1.82) is 5.26 Å². The molecule has 2 atom stereocenters. The lowest BCUT2D eigenvalue weighted by Gasteiger charge is -2.25. The number of nitrogens with one attached hydrogen (secondary N) is 2. The van der Waals surface area contributed by atoms with Gasteiger partial charge in [0.15, 0.2) is 0 Å². The molecule has 0 bridgehead atoms. The molecule has 12 heteroatoms. The molecule has 2 aromatic rings. The first-order chi connectivity index (χ1) is 17.9. The monoisotopic (exact) mass is 536 g/mol. The van der Waals surface area contributed by atoms with Gasteiger partial charge in [-0.05, 0) is 24.8 Å². The molecule has 0 radical (unpaired) electrons. The van der Waals surface area contributed by atoms with E-state index >= 15 is 0 Å². The average Bonchev–Trinajstić information content (AvgIpc) is 3.35. The number of hydrogen-bond donors (Lipinski definition) is 2. The molecule has 2 unspecified atom stereocenters. The lowest BCUT2D eigenvalue weighted by atomic mass is 10.0. The first-order valence-electron chi connectivity index (χ1n) is 12.4. The van der Waals surface area contributed by atoms with Crippen LogP contribution in [0.25, 0.3) is 10.9 Å². The lowest BCUT2D eigenvalue weighted by Crippen LogP contribution is -2.50. The van der Waals surface area contributed by atoms with Crippen molar-refractivity contribution in [3.63, 3.8) is 0 Å². The molecule has 0 aliphatic carbocycles. The molecule has 3 heterocycles. The van der Waals surface area contributed by atoms with Gasteiger partial charge in [-0.25, -0.2) is 0 Å². The number of rotatable bonds is 5. The smallest absolute Gasteiger partial charge is 0.339 e. The van der Waals surface area contributed by atoms with Gasteiger partial charge in [0.2, 0.25) is 11.8 Å². The summed E-state index contributed by atoms with van der Waals surface area (Å²) in [6.45, 7) is 10.0. The second-order valence-electron chi connectivity index (χ2n) is 9.23. The Bertz CT molecular complexity index is 1110. The van der Waals surface area contributed by atoms with Crippen LogP contribution in [0.1, 0.15) is 65.5 Å². The van der Waals surface area contributed by atoms with E-state index in [1.54, 1.807) is 18.3 Å². The van der Waals surface area contributed by atoms with Gasteiger partial charge >= 0.3 is 12.1 Å². The van der Waals surface area contributed by atoms with E-state index in [0.29, 0.717) is 22.9 Å². The summed E-state index contributed by atoms with van der Waals surface area (Å²) in [4.78, 5) is 45.2. The van der Waals surface area contributed by atoms with Crippen LogP contribution in [0.4, 0.5) is 13.2 Å². The number of fused-ring (bicyclic) bond motifs is 1. The van der Waals surface area contributed by atoms with Gasteiger partial charge in [-0.2, -0.15) is 18.4 Å².